The molecule has 0 saturated heterocycles. The van der Waals surface area contributed by atoms with Gasteiger partial charge in [0.25, 0.3) is 0 Å². The summed E-state index contributed by atoms with van der Waals surface area (Å²) in [5.74, 6) is 0.620. The van der Waals surface area contributed by atoms with Gasteiger partial charge < -0.3 is 0 Å². The summed E-state index contributed by atoms with van der Waals surface area (Å²) in [5.41, 5.74) is 0.847. The Kier molecular flexibility index (Phi) is 4.34. The Labute approximate surface area is 143 Å². The highest BCUT2D eigenvalue weighted by atomic mass is 79.9. The number of hydrogen-bond donors (Lipinski definition) is 1. The third-order valence-electron chi connectivity index (χ3n) is 2.63. The zero-order valence-electron chi connectivity index (χ0n) is 10.5. The molecule has 0 aliphatic heterocycles. The maximum atomic E-state index is 6.01. The fraction of sp³-hybridized carbons (Fsp3) is 0. The lowest BCUT2D eigenvalue weighted by Crippen LogP contribution is -1.94. The Balaban J connectivity index is 2.01. The summed E-state index contributed by atoms with van der Waals surface area (Å²) in [6.45, 7) is 0. The van der Waals surface area contributed by atoms with Gasteiger partial charge in [0, 0.05) is 15.5 Å². The van der Waals surface area contributed by atoms with Crippen LogP contribution < -0.4 is 0 Å². The second kappa shape index (κ2) is 6.23. The zero-order valence-corrected chi connectivity index (χ0v) is 14.4. The minimum absolute atomic E-state index is 0.428. The number of H-pyrrole nitrogens is 1. The van der Waals surface area contributed by atoms with E-state index in [1.807, 2.05) is 36.4 Å². The molecule has 0 aliphatic carbocycles. The van der Waals surface area contributed by atoms with E-state index in [1.54, 1.807) is 22.2 Å². The van der Waals surface area contributed by atoms with Crippen LogP contribution in [0.3, 0.4) is 0 Å². The van der Waals surface area contributed by atoms with Crippen molar-refractivity contribution in [3.63, 3.8) is 0 Å². The molecule has 1 aromatic carbocycles. The van der Waals surface area contributed by atoms with Crippen LogP contribution in [0.5, 0.6) is 0 Å². The smallest absolute Gasteiger partial charge is 0.216 e. The molecule has 0 bridgehead atoms. The third kappa shape index (κ3) is 3.32. The normalized spacial score (nSPS) is 11.3. The average Bonchev–Trinajstić information content (AvgIpc) is 3.03. The van der Waals surface area contributed by atoms with Crippen LogP contribution in [0, 0.1) is 4.77 Å². The second-order valence-electron chi connectivity index (χ2n) is 4.06. The maximum Gasteiger partial charge on any atom is 0.216 e. The van der Waals surface area contributed by atoms with Gasteiger partial charge in [0.05, 0.1) is 10.0 Å². The predicted molar refractivity (Wildman–Crippen MR) is 92.9 cm³/mol. The molecule has 0 fully saturated rings. The van der Waals surface area contributed by atoms with Crippen LogP contribution >= 0.6 is 51.1 Å². The summed E-state index contributed by atoms with van der Waals surface area (Å²) in [7, 11) is 0. The summed E-state index contributed by atoms with van der Waals surface area (Å²) in [6, 6.07) is 11.3. The van der Waals surface area contributed by atoms with Gasteiger partial charge in [-0.2, -0.15) is 14.9 Å². The Morgan fingerprint density at radius 3 is 2.95 bits per heavy atom. The van der Waals surface area contributed by atoms with Crippen LogP contribution in [0.2, 0.25) is 5.02 Å². The molecule has 3 aromatic rings. The van der Waals surface area contributed by atoms with Crippen LogP contribution in [0.4, 0.5) is 0 Å². The summed E-state index contributed by atoms with van der Waals surface area (Å²) in [6.07, 6.45) is 1.74. The molecule has 0 amide bonds. The van der Waals surface area contributed by atoms with E-state index in [2.05, 4.69) is 31.2 Å². The zero-order chi connectivity index (χ0) is 14.8. The van der Waals surface area contributed by atoms with Gasteiger partial charge >= 0.3 is 0 Å². The molecular formula is C13H8BrClN4S2. The molecule has 0 saturated carbocycles. The van der Waals surface area contributed by atoms with E-state index < -0.39 is 0 Å². The molecule has 0 atom stereocenters. The highest BCUT2D eigenvalue weighted by molar-refractivity contribution is 9.11. The maximum absolute atomic E-state index is 6.01. The fourth-order valence-corrected chi connectivity index (χ4v) is 3.39. The number of halogens is 2. The number of hydrogen-bond acceptors (Lipinski definition) is 4. The summed E-state index contributed by atoms with van der Waals surface area (Å²) in [5, 5.41) is 12.0. The molecule has 2 heterocycles. The topological polar surface area (TPSA) is 46.0 Å². The average molecular weight is 400 g/mol. The largest absolute Gasteiger partial charge is 0.250 e. The van der Waals surface area contributed by atoms with Gasteiger partial charge in [0.2, 0.25) is 4.77 Å². The number of nitrogens with one attached hydrogen (secondary N) is 1. The highest BCUT2D eigenvalue weighted by Gasteiger charge is 2.08. The Morgan fingerprint density at radius 2 is 2.24 bits per heavy atom. The van der Waals surface area contributed by atoms with Crippen molar-refractivity contribution in [2.45, 2.75) is 0 Å². The monoisotopic (exact) mass is 398 g/mol. The van der Waals surface area contributed by atoms with Crippen molar-refractivity contribution in [1.29, 1.82) is 0 Å². The van der Waals surface area contributed by atoms with Crippen molar-refractivity contribution in [1.82, 2.24) is 14.9 Å². The summed E-state index contributed by atoms with van der Waals surface area (Å²) < 4.78 is 3.06. The number of thiophene rings is 1. The molecule has 0 aliphatic rings. The Bertz CT molecular complexity index is 865. The fourth-order valence-electron chi connectivity index (χ4n) is 1.73. The third-order valence-corrected chi connectivity index (χ3v) is 4.69. The van der Waals surface area contributed by atoms with Crippen LogP contribution in [0.1, 0.15) is 4.88 Å². The van der Waals surface area contributed by atoms with Gasteiger partial charge in [-0.25, -0.2) is 5.10 Å². The number of rotatable bonds is 3. The molecule has 0 unspecified atom stereocenters. The first-order valence-electron chi connectivity index (χ1n) is 5.86. The van der Waals surface area contributed by atoms with E-state index in [0.717, 1.165) is 14.2 Å². The number of aromatic nitrogens is 3. The molecule has 8 heteroatoms. The van der Waals surface area contributed by atoms with E-state index in [0.29, 0.717) is 15.6 Å². The first-order valence-corrected chi connectivity index (χ1v) is 8.26. The van der Waals surface area contributed by atoms with Crippen LogP contribution in [-0.4, -0.2) is 21.1 Å². The quantitative estimate of drug-likeness (QED) is 0.499. The minimum atomic E-state index is 0.428. The van der Waals surface area contributed by atoms with Crippen molar-refractivity contribution in [3.05, 3.63) is 54.9 Å². The SMILES string of the molecule is S=c1[nH]nc(-c2cccc(Cl)c2)n1/N=C\c1ccc(Br)s1. The molecule has 21 heavy (non-hydrogen) atoms. The van der Waals surface area contributed by atoms with E-state index in [4.69, 9.17) is 23.8 Å². The van der Waals surface area contributed by atoms with Crippen molar-refractivity contribution < 1.29 is 0 Å². The van der Waals surface area contributed by atoms with Crippen LogP contribution in [-0.2, 0) is 0 Å². The van der Waals surface area contributed by atoms with Gasteiger partial charge in [-0.1, -0.05) is 23.7 Å². The molecule has 0 spiro atoms. The minimum Gasteiger partial charge on any atom is -0.250 e. The Hall–Kier alpha value is -1.28. The lowest BCUT2D eigenvalue weighted by molar-refractivity contribution is 0.872. The lowest BCUT2D eigenvalue weighted by Gasteiger charge is -2.00. The summed E-state index contributed by atoms with van der Waals surface area (Å²) in [4.78, 5) is 1.02. The molecular weight excluding hydrogens is 392 g/mol. The highest BCUT2D eigenvalue weighted by Crippen LogP contribution is 2.22. The molecule has 1 N–H and O–H groups in total. The lowest BCUT2D eigenvalue weighted by atomic mass is 10.2. The van der Waals surface area contributed by atoms with Gasteiger partial charge in [-0.05, 0) is 52.4 Å². The van der Waals surface area contributed by atoms with Gasteiger partial charge in [-0.3, -0.25) is 0 Å². The van der Waals surface area contributed by atoms with Crippen molar-refractivity contribution >= 4 is 57.3 Å². The van der Waals surface area contributed by atoms with Crippen LogP contribution in [0.25, 0.3) is 11.4 Å². The number of benzene rings is 1. The predicted octanol–water partition coefficient (Wildman–Crippen LogP) is 4.97. The number of nitrogens with zero attached hydrogens (tertiary/aromatic N) is 3. The van der Waals surface area contributed by atoms with Crippen molar-refractivity contribution in [3.8, 4) is 11.4 Å². The molecule has 0 radical (unpaired) electrons. The first kappa shape index (κ1) is 14.6. The van der Waals surface area contributed by atoms with Gasteiger partial charge in [0.15, 0.2) is 5.82 Å². The molecule has 3 rings (SSSR count). The van der Waals surface area contributed by atoms with Gasteiger partial charge in [0.1, 0.15) is 0 Å². The van der Waals surface area contributed by atoms with Gasteiger partial charge in [-0.15, -0.1) is 11.3 Å². The molecule has 2 aromatic heterocycles. The molecule has 4 nitrogen and oxygen atoms in total. The Morgan fingerprint density at radius 1 is 1.38 bits per heavy atom. The first-order chi connectivity index (χ1) is 10.1. The standard InChI is InChI=1S/C13H8BrClN4S2/c14-11-5-4-10(21-11)7-16-19-12(17-18-13(19)20)8-2-1-3-9(15)6-8/h1-7H,(H,18,20)/b16-7-. The summed E-state index contributed by atoms with van der Waals surface area (Å²) >= 11 is 16.2. The van der Waals surface area contributed by atoms with E-state index in [1.165, 1.54) is 0 Å². The van der Waals surface area contributed by atoms with E-state index in [9.17, 15) is 0 Å². The van der Waals surface area contributed by atoms with E-state index in [-0.39, 0.29) is 0 Å². The van der Waals surface area contributed by atoms with Crippen LogP contribution in [0.15, 0.2) is 45.3 Å². The van der Waals surface area contributed by atoms with Crippen molar-refractivity contribution in [2.24, 2.45) is 5.10 Å². The number of aromatic amines is 1. The molecule has 106 valence electrons. The second-order valence-corrected chi connectivity index (χ2v) is 7.38. The van der Waals surface area contributed by atoms with E-state index >= 15 is 0 Å². The van der Waals surface area contributed by atoms with Crippen molar-refractivity contribution in [2.75, 3.05) is 0 Å².